The molecule has 3 fully saturated rings. The second kappa shape index (κ2) is 3.26. The average molecular weight is 246 g/mol. The fourth-order valence-electron chi connectivity index (χ4n) is 3.27. The van der Waals surface area contributed by atoms with E-state index >= 15 is 0 Å². The van der Waals surface area contributed by atoms with Crippen molar-refractivity contribution in [2.45, 2.75) is 44.8 Å². The molecule has 4 bridgehead atoms. The lowest BCUT2D eigenvalue weighted by Gasteiger charge is -2.44. The van der Waals surface area contributed by atoms with Crippen LogP contribution in [-0.4, -0.2) is 18.0 Å². The summed E-state index contributed by atoms with van der Waals surface area (Å²) in [5.74, 6) is 2.82. The first-order valence-corrected chi connectivity index (χ1v) is 5.09. The van der Waals surface area contributed by atoms with Gasteiger partial charge in [-0.3, -0.25) is 0 Å². The number of hydrogen-bond donors (Lipinski definition) is 1. The van der Waals surface area contributed by atoms with E-state index < -0.39 is 0 Å². The average Bonchev–Trinajstić information content (AvgIpc) is 2.03. The predicted molar refractivity (Wildman–Crippen MR) is 45.8 cm³/mol. The quantitative estimate of drug-likeness (QED) is 0.486. The number of halogens is 1. The molecule has 0 radical (unpaired) electrons. The van der Waals surface area contributed by atoms with Gasteiger partial charge in [-0.25, -0.2) is 4.99 Å². The second-order valence-electron chi connectivity index (χ2n) is 4.54. The highest BCUT2D eigenvalue weighted by Gasteiger charge is 2.49. The van der Waals surface area contributed by atoms with Crippen molar-refractivity contribution in [3.05, 3.63) is 0 Å². The molecule has 0 saturated heterocycles. The fraction of sp³-hybridized carbons (Fsp3) is 0.900. The summed E-state index contributed by atoms with van der Waals surface area (Å²) < 4.78 is 5.80. The van der Waals surface area contributed by atoms with Gasteiger partial charge in [0.25, 0.3) is 0 Å². The maximum Gasteiger partial charge on any atom is 0.331 e. The van der Waals surface area contributed by atoms with E-state index in [2.05, 4.69) is 11.9 Å². The van der Waals surface area contributed by atoms with Crippen LogP contribution >= 0.6 is 0 Å². The zero-order valence-corrected chi connectivity index (χ0v) is 9.51. The Morgan fingerprint density at radius 3 is 2.85 bits per heavy atom. The molecule has 1 N–H and O–H groups in total. The molecular formula is C10H16BrNO. The van der Waals surface area contributed by atoms with Crippen molar-refractivity contribution in [3.8, 4) is 0 Å². The Hall–Kier alpha value is -0.0500. The lowest BCUT2D eigenvalue weighted by atomic mass is 9.66. The molecule has 0 aromatic rings. The molecule has 3 saturated carbocycles. The standard InChI is InChI=1S/C10H15NO.BrH/c1-6-11-9-4-7-2-3-8(9)10(5-7)12-6;/h7-10H,2-5H2,1H3;1H. The zero-order valence-electron chi connectivity index (χ0n) is 7.92. The molecule has 4 unspecified atom stereocenters. The van der Waals surface area contributed by atoms with Crippen LogP contribution in [0.4, 0.5) is 0 Å². The van der Waals surface area contributed by atoms with Crippen LogP contribution < -0.4 is 22.0 Å². The molecule has 0 aromatic heterocycles. The Morgan fingerprint density at radius 2 is 2.15 bits per heavy atom. The van der Waals surface area contributed by atoms with E-state index in [-0.39, 0.29) is 17.0 Å². The number of ether oxygens (including phenoxy) is 1. The summed E-state index contributed by atoms with van der Waals surface area (Å²) in [4.78, 5) is 3.47. The highest BCUT2D eigenvalue weighted by Crippen LogP contribution is 2.42. The van der Waals surface area contributed by atoms with Crippen molar-refractivity contribution < 1.29 is 26.7 Å². The molecule has 4 aliphatic rings. The van der Waals surface area contributed by atoms with Gasteiger partial charge in [-0.15, -0.1) is 0 Å². The van der Waals surface area contributed by atoms with Crippen LogP contribution in [0.15, 0.2) is 0 Å². The van der Waals surface area contributed by atoms with E-state index in [1.165, 1.54) is 25.7 Å². The Balaban J connectivity index is 0.000000653. The van der Waals surface area contributed by atoms with Crippen LogP contribution in [0.25, 0.3) is 0 Å². The zero-order chi connectivity index (χ0) is 8.13. The predicted octanol–water partition coefficient (Wildman–Crippen LogP) is -2.92. The fourth-order valence-corrected chi connectivity index (χ4v) is 3.27. The summed E-state index contributed by atoms with van der Waals surface area (Å²) in [7, 11) is 0. The van der Waals surface area contributed by atoms with E-state index in [1.54, 1.807) is 0 Å². The Labute approximate surface area is 89.5 Å². The summed E-state index contributed by atoms with van der Waals surface area (Å²) in [5.41, 5.74) is 0. The van der Waals surface area contributed by atoms with Gasteiger partial charge in [0, 0.05) is 6.42 Å². The summed E-state index contributed by atoms with van der Waals surface area (Å²) >= 11 is 0. The van der Waals surface area contributed by atoms with Crippen LogP contribution in [0.3, 0.4) is 0 Å². The molecule has 3 aliphatic carbocycles. The normalized spacial score (nSPS) is 46.1. The van der Waals surface area contributed by atoms with Crippen LogP contribution in [-0.2, 0) is 4.74 Å². The first-order valence-electron chi connectivity index (χ1n) is 5.09. The lowest BCUT2D eigenvalue weighted by molar-refractivity contribution is -0.551. The number of fused-ring (bicyclic) bond motifs is 1. The highest BCUT2D eigenvalue weighted by atomic mass is 79.9. The second-order valence-corrected chi connectivity index (χ2v) is 4.54. The third-order valence-corrected chi connectivity index (χ3v) is 3.77. The molecule has 74 valence electrons. The SMILES string of the molecule is CC1=[NH+]C2CC3CCC2C(C3)O1.[Br-]. The molecular weight excluding hydrogens is 230 g/mol. The van der Waals surface area contributed by atoms with Crippen LogP contribution in [0.1, 0.15) is 32.6 Å². The largest absolute Gasteiger partial charge is 1.00 e. The van der Waals surface area contributed by atoms with Crippen LogP contribution in [0.2, 0.25) is 0 Å². The van der Waals surface area contributed by atoms with Crippen molar-refractivity contribution >= 4 is 5.90 Å². The van der Waals surface area contributed by atoms with Crippen molar-refractivity contribution in [3.63, 3.8) is 0 Å². The third kappa shape index (κ3) is 1.41. The molecule has 13 heavy (non-hydrogen) atoms. The monoisotopic (exact) mass is 245 g/mol. The van der Waals surface area contributed by atoms with Gasteiger partial charge in [-0.2, -0.15) is 0 Å². The maximum absolute atomic E-state index is 5.80. The van der Waals surface area contributed by atoms with Crippen molar-refractivity contribution in [2.75, 3.05) is 0 Å². The minimum absolute atomic E-state index is 0. The first kappa shape index (κ1) is 9.50. The van der Waals surface area contributed by atoms with Gasteiger partial charge < -0.3 is 21.7 Å². The summed E-state index contributed by atoms with van der Waals surface area (Å²) in [5, 5.41) is 0. The molecule has 0 aromatic carbocycles. The number of rotatable bonds is 0. The van der Waals surface area contributed by atoms with Gasteiger partial charge in [0.2, 0.25) is 0 Å². The van der Waals surface area contributed by atoms with Gasteiger partial charge >= 0.3 is 5.90 Å². The summed E-state index contributed by atoms with van der Waals surface area (Å²) in [6.45, 7) is 2.05. The molecule has 0 amide bonds. The molecule has 3 heteroatoms. The maximum atomic E-state index is 5.80. The van der Waals surface area contributed by atoms with E-state index in [0.29, 0.717) is 6.10 Å². The van der Waals surface area contributed by atoms with Gasteiger partial charge in [-0.05, 0) is 25.2 Å². The smallest absolute Gasteiger partial charge is 0.331 e. The van der Waals surface area contributed by atoms with E-state index in [0.717, 1.165) is 23.8 Å². The Bertz CT molecular complexity index is 241. The van der Waals surface area contributed by atoms with Crippen LogP contribution in [0.5, 0.6) is 0 Å². The van der Waals surface area contributed by atoms with E-state index in [9.17, 15) is 0 Å². The topological polar surface area (TPSA) is 23.2 Å². The molecule has 4 rings (SSSR count). The van der Waals surface area contributed by atoms with Gasteiger partial charge in [0.05, 0.1) is 12.8 Å². The van der Waals surface area contributed by atoms with Gasteiger partial charge in [0.15, 0.2) is 6.04 Å². The molecule has 0 spiro atoms. The first-order chi connectivity index (χ1) is 5.83. The van der Waals surface area contributed by atoms with Gasteiger partial charge in [0.1, 0.15) is 6.10 Å². The highest BCUT2D eigenvalue weighted by molar-refractivity contribution is 5.67. The van der Waals surface area contributed by atoms with Crippen LogP contribution in [0, 0.1) is 11.8 Å². The van der Waals surface area contributed by atoms with Crippen molar-refractivity contribution in [1.29, 1.82) is 0 Å². The van der Waals surface area contributed by atoms with E-state index in [4.69, 9.17) is 4.74 Å². The Morgan fingerprint density at radius 1 is 1.31 bits per heavy atom. The molecule has 1 heterocycles. The summed E-state index contributed by atoms with van der Waals surface area (Å²) in [6, 6.07) is 0.747. The third-order valence-electron chi connectivity index (χ3n) is 3.77. The van der Waals surface area contributed by atoms with Crippen molar-refractivity contribution in [1.82, 2.24) is 0 Å². The molecule has 2 nitrogen and oxygen atoms in total. The minimum atomic E-state index is 0. The molecule has 4 atom stereocenters. The minimum Gasteiger partial charge on any atom is -1.00 e. The van der Waals surface area contributed by atoms with Gasteiger partial charge in [-0.1, -0.05) is 0 Å². The lowest BCUT2D eigenvalue weighted by Crippen LogP contribution is -3.00. The molecule has 1 aliphatic heterocycles. The Kier molecular flexibility index (Phi) is 2.39. The van der Waals surface area contributed by atoms with Crippen molar-refractivity contribution in [2.24, 2.45) is 11.8 Å². The summed E-state index contributed by atoms with van der Waals surface area (Å²) in [6.07, 6.45) is 6.10. The number of hydrogen-bond acceptors (Lipinski definition) is 1. The van der Waals surface area contributed by atoms with E-state index in [1.807, 2.05) is 0 Å². The number of nitrogens with one attached hydrogen (secondary N) is 1.